The smallest absolute Gasteiger partial charge is 0.337 e. The summed E-state index contributed by atoms with van der Waals surface area (Å²) in [6.07, 6.45) is 0. The minimum atomic E-state index is -1.34. The molecule has 0 saturated heterocycles. The van der Waals surface area contributed by atoms with Crippen LogP contribution in [0.5, 0.6) is 0 Å². The summed E-state index contributed by atoms with van der Waals surface area (Å²) in [5, 5.41) is 9.93. The monoisotopic (exact) mass is 329 g/mol. The zero-order valence-electron chi connectivity index (χ0n) is 10.8. The molecule has 4 nitrogen and oxygen atoms in total. The van der Waals surface area contributed by atoms with Crippen LogP contribution in [0.2, 0.25) is 5.02 Å². The number of carbonyl (C=O) groups is 1. The van der Waals surface area contributed by atoms with Crippen molar-refractivity contribution >= 4 is 39.7 Å². The number of hydrogen-bond donors (Lipinski definition) is 1. The van der Waals surface area contributed by atoms with Crippen molar-refractivity contribution in [2.45, 2.75) is 24.5 Å². The van der Waals surface area contributed by atoms with Gasteiger partial charge >= 0.3 is 5.97 Å². The van der Waals surface area contributed by atoms with Crippen molar-refractivity contribution in [3.05, 3.63) is 44.4 Å². The van der Waals surface area contributed by atoms with E-state index in [1.165, 1.54) is 23.5 Å². The summed E-state index contributed by atoms with van der Waals surface area (Å²) >= 11 is 7.29. The maximum Gasteiger partial charge on any atom is 0.337 e. The Morgan fingerprint density at radius 3 is 2.70 bits per heavy atom. The Hall–Kier alpha value is -1.24. The van der Waals surface area contributed by atoms with Crippen molar-refractivity contribution in [1.82, 2.24) is 4.98 Å². The first-order valence-electron chi connectivity index (χ1n) is 5.72. The molecule has 1 aromatic heterocycles. The van der Waals surface area contributed by atoms with E-state index in [1.54, 1.807) is 6.07 Å². The van der Waals surface area contributed by atoms with Crippen molar-refractivity contribution in [1.29, 1.82) is 0 Å². The molecule has 1 aromatic carbocycles. The van der Waals surface area contributed by atoms with Crippen LogP contribution < -0.4 is 0 Å². The number of aromatic carboxylic acids is 1. The molecular weight excluding hydrogens is 318 g/mol. The Labute approximate surface area is 127 Å². The molecule has 0 bridgehead atoms. The van der Waals surface area contributed by atoms with Gasteiger partial charge in [-0.3, -0.25) is 4.21 Å². The first kappa shape index (κ1) is 15.2. The standard InChI is InChI=1S/C13H12ClNO3S2/c1-7-8(2)19-12(15-7)6-20(18)9-3-4-11(14)10(5-9)13(16)17/h3-5H,6H2,1-2H3,(H,16,17). The van der Waals surface area contributed by atoms with E-state index >= 15 is 0 Å². The lowest BCUT2D eigenvalue weighted by molar-refractivity contribution is 0.0697. The Kier molecular flexibility index (Phi) is 4.57. The van der Waals surface area contributed by atoms with Gasteiger partial charge in [-0.25, -0.2) is 9.78 Å². The number of thiazole rings is 1. The van der Waals surface area contributed by atoms with Gasteiger partial charge in [0.2, 0.25) is 0 Å². The summed E-state index contributed by atoms with van der Waals surface area (Å²) in [4.78, 5) is 16.9. The Morgan fingerprint density at radius 2 is 2.15 bits per heavy atom. The minimum Gasteiger partial charge on any atom is -0.478 e. The zero-order valence-corrected chi connectivity index (χ0v) is 13.2. The third kappa shape index (κ3) is 3.26. The number of aryl methyl sites for hydroxylation is 2. The summed E-state index contributed by atoms with van der Waals surface area (Å²) in [7, 11) is -1.34. The highest BCUT2D eigenvalue weighted by atomic mass is 35.5. The van der Waals surface area contributed by atoms with E-state index in [2.05, 4.69) is 4.98 Å². The van der Waals surface area contributed by atoms with Crippen molar-refractivity contribution in [3.63, 3.8) is 0 Å². The van der Waals surface area contributed by atoms with Gasteiger partial charge in [0, 0.05) is 9.77 Å². The molecular formula is C13H12ClNO3S2. The van der Waals surface area contributed by atoms with Crippen LogP contribution in [0.3, 0.4) is 0 Å². The molecule has 1 N–H and O–H groups in total. The van der Waals surface area contributed by atoms with E-state index in [4.69, 9.17) is 16.7 Å². The van der Waals surface area contributed by atoms with Gasteiger partial charge in [0.25, 0.3) is 0 Å². The average Bonchev–Trinajstić information content (AvgIpc) is 2.68. The van der Waals surface area contributed by atoms with Crippen LogP contribution in [0, 0.1) is 13.8 Å². The van der Waals surface area contributed by atoms with Gasteiger partial charge in [-0.2, -0.15) is 0 Å². The van der Waals surface area contributed by atoms with Gasteiger partial charge in [-0.15, -0.1) is 11.3 Å². The molecule has 2 aromatic rings. The van der Waals surface area contributed by atoms with E-state index in [-0.39, 0.29) is 16.3 Å². The molecule has 1 heterocycles. The van der Waals surface area contributed by atoms with E-state index in [9.17, 15) is 9.00 Å². The van der Waals surface area contributed by atoms with Crippen LogP contribution in [0.25, 0.3) is 0 Å². The van der Waals surface area contributed by atoms with E-state index in [0.717, 1.165) is 15.6 Å². The fraction of sp³-hybridized carbons (Fsp3) is 0.231. The van der Waals surface area contributed by atoms with E-state index in [1.807, 2.05) is 13.8 Å². The van der Waals surface area contributed by atoms with Gasteiger partial charge in [0.1, 0.15) is 5.01 Å². The predicted octanol–water partition coefficient (Wildman–Crippen LogP) is 3.42. The minimum absolute atomic E-state index is 0.0379. The lowest BCUT2D eigenvalue weighted by Gasteiger charge is -2.03. The third-order valence-corrected chi connectivity index (χ3v) is 5.66. The number of nitrogens with zero attached hydrogens (tertiary/aromatic N) is 1. The van der Waals surface area contributed by atoms with Crippen LogP contribution >= 0.6 is 22.9 Å². The van der Waals surface area contributed by atoms with Crippen LogP contribution in [0.15, 0.2) is 23.1 Å². The van der Waals surface area contributed by atoms with Crippen molar-refractivity contribution in [2.24, 2.45) is 0 Å². The molecule has 0 spiro atoms. The maximum atomic E-state index is 12.3. The van der Waals surface area contributed by atoms with Crippen molar-refractivity contribution < 1.29 is 14.1 Å². The molecule has 0 radical (unpaired) electrons. The topological polar surface area (TPSA) is 67.3 Å². The first-order valence-corrected chi connectivity index (χ1v) is 8.24. The molecule has 2 rings (SSSR count). The molecule has 1 atom stereocenters. The van der Waals surface area contributed by atoms with Crippen LogP contribution in [0.1, 0.15) is 25.9 Å². The lowest BCUT2D eigenvalue weighted by atomic mass is 10.2. The summed E-state index contributed by atoms with van der Waals surface area (Å²) in [6, 6.07) is 4.39. The molecule has 106 valence electrons. The summed E-state index contributed by atoms with van der Waals surface area (Å²) in [5.74, 6) is -0.852. The lowest BCUT2D eigenvalue weighted by Crippen LogP contribution is -2.01. The van der Waals surface area contributed by atoms with Crippen molar-refractivity contribution in [2.75, 3.05) is 0 Å². The number of rotatable bonds is 4. The maximum absolute atomic E-state index is 12.3. The van der Waals surface area contributed by atoms with Gasteiger partial charge < -0.3 is 5.11 Å². The normalized spacial score (nSPS) is 12.3. The highest BCUT2D eigenvalue weighted by molar-refractivity contribution is 7.84. The Balaban J connectivity index is 2.25. The number of carboxylic acid groups (broad SMARTS) is 1. The predicted molar refractivity (Wildman–Crippen MR) is 80.1 cm³/mol. The molecule has 0 saturated carbocycles. The van der Waals surface area contributed by atoms with E-state index in [0.29, 0.717) is 4.90 Å². The summed E-state index contributed by atoms with van der Waals surface area (Å²) < 4.78 is 12.3. The van der Waals surface area contributed by atoms with Crippen LogP contribution in [-0.4, -0.2) is 20.3 Å². The molecule has 0 aliphatic rings. The molecule has 20 heavy (non-hydrogen) atoms. The van der Waals surface area contributed by atoms with Gasteiger partial charge in [-0.05, 0) is 32.0 Å². The van der Waals surface area contributed by atoms with Crippen LogP contribution in [0.4, 0.5) is 0 Å². The number of aromatic nitrogens is 1. The van der Waals surface area contributed by atoms with Gasteiger partial charge in [0.05, 0.1) is 32.8 Å². The number of halogens is 1. The molecule has 7 heteroatoms. The second-order valence-electron chi connectivity index (χ2n) is 4.19. The highest BCUT2D eigenvalue weighted by Gasteiger charge is 2.14. The average molecular weight is 330 g/mol. The fourth-order valence-electron chi connectivity index (χ4n) is 1.61. The van der Waals surface area contributed by atoms with E-state index < -0.39 is 16.8 Å². The zero-order chi connectivity index (χ0) is 14.9. The Morgan fingerprint density at radius 1 is 1.45 bits per heavy atom. The van der Waals surface area contributed by atoms with Crippen molar-refractivity contribution in [3.8, 4) is 0 Å². The quantitative estimate of drug-likeness (QED) is 0.933. The molecule has 0 amide bonds. The second kappa shape index (κ2) is 6.03. The summed E-state index contributed by atoms with van der Waals surface area (Å²) in [6.45, 7) is 3.87. The second-order valence-corrected chi connectivity index (χ2v) is 7.33. The van der Waals surface area contributed by atoms with Gasteiger partial charge in [0.15, 0.2) is 0 Å². The Bertz CT molecular complexity index is 677. The highest BCUT2D eigenvalue weighted by Crippen LogP contribution is 2.23. The summed E-state index contributed by atoms with van der Waals surface area (Å²) in [5.41, 5.74) is 0.897. The molecule has 1 unspecified atom stereocenters. The SMILES string of the molecule is Cc1nc(CS(=O)c2ccc(Cl)c(C(=O)O)c2)sc1C. The first-order chi connectivity index (χ1) is 9.38. The largest absolute Gasteiger partial charge is 0.478 e. The number of carboxylic acids is 1. The molecule has 0 aliphatic carbocycles. The number of benzene rings is 1. The third-order valence-electron chi connectivity index (χ3n) is 2.76. The fourth-order valence-corrected chi connectivity index (χ4v) is 4.02. The molecule has 0 fully saturated rings. The number of hydrogen-bond acceptors (Lipinski definition) is 4. The van der Waals surface area contributed by atoms with Gasteiger partial charge in [-0.1, -0.05) is 11.6 Å². The van der Waals surface area contributed by atoms with Crippen LogP contribution in [-0.2, 0) is 16.6 Å². The molecule has 0 aliphatic heterocycles.